The molecule has 0 unspecified atom stereocenters. The van der Waals surface area contributed by atoms with Gasteiger partial charge in [-0.3, -0.25) is 0 Å². The molecule has 0 aromatic carbocycles. The van der Waals surface area contributed by atoms with Crippen molar-refractivity contribution in [3.63, 3.8) is 0 Å². The number of rotatable bonds is 6. The zero-order valence-electron chi connectivity index (χ0n) is 12.8. The van der Waals surface area contributed by atoms with Crippen LogP contribution in [0.5, 0.6) is 0 Å². The summed E-state index contributed by atoms with van der Waals surface area (Å²) >= 11 is 1.54. The van der Waals surface area contributed by atoms with E-state index in [0.717, 1.165) is 4.88 Å². The molecule has 7 nitrogen and oxygen atoms in total. The number of nitrogens with one attached hydrogen (secondary N) is 2. The van der Waals surface area contributed by atoms with Crippen molar-refractivity contribution in [2.45, 2.75) is 12.5 Å². The molecular formula is C16H17N5O2S. The van der Waals surface area contributed by atoms with E-state index in [2.05, 4.69) is 20.7 Å². The van der Waals surface area contributed by atoms with Gasteiger partial charge in [0.25, 0.3) is 0 Å². The van der Waals surface area contributed by atoms with E-state index in [1.54, 1.807) is 34.6 Å². The van der Waals surface area contributed by atoms with Crippen LogP contribution in [0.4, 0.5) is 10.5 Å². The van der Waals surface area contributed by atoms with Crippen LogP contribution >= 0.6 is 11.3 Å². The van der Waals surface area contributed by atoms with E-state index in [1.807, 2.05) is 35.7 Å². The molecule has 3 N–H and O–H groups in total. The fourth-order valence-electron chi connectivity index (χ4n) is 2.23. The van der Waals surface area contributed by atoms with Crippen LogP contribution in [0.3, 0.4) is 0 Å². The van der Waals surface area contributed by atoms with Gasteiger partial charge in [0, 0.05) is 17.7 Å². The molecule has 0 saturated heterocycles. The lowest BCUT2D eigenvalue weighted by Crippen LogP contribution is -2.32. The Kier molecular flexibility index (Phi) is 5.19. The molecule has 3 aromatic rings. The van der Waals surface area contributed by atoms with Crippen molar-refractivity contribution in [1.82, 2.24) is 20.1 Å². The van der Waals surface area contributed by atoms with Crippen LogP contribution < -0.4 is 10.6 Å². The van der Waals surface area contributed by atoms with Gasteiger partial charge in [0.2, 0.25) is 0 Å². The summed E-state index contributed by atoms with van der Waals surface area (Å²) in [5.41, 5.74) is 0.562. The third-order valence-electron chi connectivity index (χ3n) is 3.33. The zero-order chi connectivity index (χ0) is 16.8. The number of aromatic nitrogens is 3. The van der Waals surface area contributed by atoms with E-state index in [-0.39, 0.29) is 18.7 Å². The third-order valence-corrected chi connectivity index (χ3v) is 4.32. The number of carbonyl (C=O) groups is 1. The van der Waals surface area contributed by atoms with Gasteiger partial charge in [-0.1, -0.05) is 12.1 Å². The molecule has 3 heterocycles. The van der Waals surface area contributed by atoms with Gasteiger partial charge in [-0.05, 0) is 30.0 Å². The summed E-state index contributed by atoms with van der Waals surface area (Å²) in [5, 5.41) is 20.9. The molecule has 0 aliphatic carbocycles. The second-order valence-corrected chi connectivity index (χ2v) is 6.02. The Hall–Kier alpha value is -2.71. The van der Waals surface area contributed by atoms with Crippen molar-refractivity contribution < 1.29 is 9.90 Å². The third kappa shape index (κ3) is 3.98. The molecule has 3 rings (SSSR count). The number of pyridine rings is 1. The first-order valence-electron chi connectivity index (χ1n) is 7.44. The second-order valence-electron chi connectivity index (χ2n) is 5.04. The summed E-state index contributed by atoms with van der Waals surface area (Å²) < 4.78 is 1.58. The van der Waals surface area contributed by atoms with E-state index in [0.29, 0.717) is 17.9 Å². The first-order chi connectivity index (χ1) is 11.8. The van der Waals surface area contributed by atoms with Crippen molar-refractivity contribution in [3.05, 3.63) is 59.2 Å². The van der Waals surface area contributed by atoms with Gasteiger partial charge in [-0.15, -0.1) is 11.3 Å². The van der Waals surface area contributed by atoms with Crippen LogP contribution in [0.15, 0.2) is 54.3 Å². The average Bonchev–Trinajstić information content (AvgIpc) is 3.27. The summed E-state index contributed by atoms with van der Waals surface area (Å²) in [7, 11) is 0. The molecule has 0 aliphatic rings. The van der Waals surface area contributed by atoms with Crippen molar-refractivity contribution in [3.8, 4) is 5.82 Å². The maximum absolute atomic E-state index is 12.2. The number of carbonyl (C=O) groups excluding carboxylic acids is 1. The summed E-state index contributed by atoms with van der Waals surface area (Å²) in [6.07, 6.45) is 5.38. The molecule has 0 fully saturated rings. The topological polar surface area (TPSA) is 92.1 Å². The Morgan fingerprint density at radius 3 is 2.96 bits per heavy atom. The zero-order valence-corrected chi connectivity index (χ0v) is 13.6. The Bertz CT molecular complexity index is 773. The number of amides is 2. The van der Waals surface area contributed by atoms with Gasteiger partial charge in [-0.25, -0.2) is 14.5 Å². The van der Waals surface area contributed by atoms with Gasteiger partial charge >= 0.3 is 6.03 Å². The van der Waals surface area contributed by atoms with Crippen molar-refractivity contribution in [1.29, 1.82) is 0 Å². The molecule has 8 heteroatoms. The minimum Gasteiger partial charge on any atom is -0.396 e. The minimum atomic E-state index is -0.345. The second kappa shape index (κ2) is 7.71. The lowest BCUT2D eigenvalue weighted by atomic mass is 10.2. The monoisotopic (exact) mass is 343 g/mol. The predicted octanol–water partition coefficient (Wildman–Crippen LogP) is 2.57. The van der Waals surface area contributed by atoms with Crippen LogP contribution in [-0.2, 0) is 0 Å². The molecule has 1 atom stereocenters. The van der Waals surface area contributed by atoms with Crippen molar-refractivity contribution >= 4 is 23.1 Å². The number of hydrogen-bond acceptors (Lipinski definition) is 5. The highest BCUT2D eigenvalue weighted by Gasteiger charge is 2.15. The van der Waals surface area contributed by atoms with Crippen LogP contribution in [0.25, 0.3) is 5.82 Å². The molecule has 0 saturated carbocycles. The summed E-state index contributed by atoms with van der Waals surface area (Å²) in [6.45, 7) is 0.000452. The Balaban J connectivity index is 1.63. The molecule has 124 valence electrons. The van der Waals surface area contributed by atoms with Gasteiger partial charge in [0.05, 0.1) is 24.1 Å². The van der Waals surface area contributed by atoms with E-state index >= 15 is 0 Å². The average molecular weight is 343 g/mol. The largest absolute Gasteiger partial charge is 0.396 e. The van der Waals surface area contributed by atoms with Crippen LogP contribution in [0.2, 0.25) is 0 Å². The number of nitrogens with zero attached hydrogens (tertiary/aromatic N) is 3. The molecule has 24 heavy (non-hydrogen) atoms. The fraction of sp³-hybridized carbons (Fsp3) is 0.188. The van der Waals surface area contributed by atoms with Crippen LogP contribution in [-0.4, -0.2) is 32.5 Å². The van der Waals surface area contributed by atoms with Gasteiger partial charge in [-0.2, -0.15) is 5.10 Å². The molecule has 0 spiro atoms. The number of hydrogen-bond donors (Lipinski definition) is 3. The van der Waals surface area contributed by atoms with Gasteiger partial charge in [0.1, 0.15) is 0 Å². The Morgan fingerprint density at radius 1 is 1.33 bits per heavy atom. The fourth-order valence-corrected chi connectivity index (χ4v) is 3.04. The highest BCUT2D eigenvalue weighted by atomic mass is 32.1. The molecule has 0 bridgehead atoms. The number of anilines is 1. The predicted molar refractivity (Wildman–Crippen MR) is 92.3 cm³/mol. The van der Waals surface area contributed by atoms with E-state index < -0.39 is 0 Å². The van der Waals surface area contributed by atoms with Gasteiger partial charge < -0.3 is 15.7 Å². The molecule has 2 amide bonds. The smallest absolute Gasteiger partial charge is 0.319 e. The quantitative estimate of drug-likeness (QED) is 0.641. The molecule has 0 aliphatic heterocycles. The Labute approximate surface area is 143 Å². The first kappa shape index (κ1) is 16.2. The molecule has 0 radical (unpaired) electrons. The minimum absolute atomic E-state index is 0.000452. The standard InChI is InChI=1S/C16H17N5O2S/c22-8-6-13(14-4-3-9-24-14)20-16(23)19-12-10-18-21(11-12)15-5-1-2-7-17-15/h1-5,7,9-11,13,22H,6,8H2,(H2,19,20,23)/t13-/m1/s1. The SMILES string of the molecule is O=C(Nc1cnn(-c2ccccn2)c1)N[C@H](CCO)c1cccs1. The molecule has 3 aromatic heterocycles. The van der Waals surface area contributed by atoms with Crippen LogP contribution in [0.1, 0.15) is 17.3 Å². The van der Waals surface area contributed by atoms with Crippen molar-refractivity contribution in [2.75, 3.05) is 11.9 Å². The lowest BCUT2D eigenvalue weighted by Gasteiger charge is -2.16. The number of urea groups is 1. The maximum atomic E-state index is 12.2. The number of aliphatic hydroxyl groups excluding tert-OH is 1. The van der Waals surface area contributed by atoms with E-state index in [4.69, 9.17) is 0 Å². The summed E-state index contributed by atoms with van der Waals surface area (Å²) in [6, 6.07) is 8.80. The highest BCUT2D eigenvalue weighted by Crippen LogP contribution is 2.22. The Morgan fingerprint density at radius 2 is 2.25 bits per heavy atom. The first-order valence-corrected chi connectivity index (χ1v) is 8.32. The van der Waals surface area contributed by atoms with E-state index in [1.165, 1.54) is 0 Å². The molecular weight excluding hydrogens is 326 g/mol. The summed E-state index contributed by atoms with van der Waals surface area (Å²) in [5.74, 6) is 0.669. The highest BCUT2D eigenvalue weighted by molar-refractivity contribution is 7.10. The number of thiophene rings is 1. The normalized spacial score (nSPS) is 11.9. The van der Waals surface area contributed by atoms with Gasteiger partial charge in [0.15, 0.2) is 5.82 Å². The van der Waals surface area contributed by atoms with E-state index in [9.17, 15) is 9.90 Å². The lowest BCUT2D eigenvalue weighted by molar-refractivity contribution is 0.239. The number of aliphatic hydroxyl groups is 1. The van der Waals surface area contributed by atoms with Crippen LogP contribution in [0, 0.1) is 0 Å². The summed E-state index contributed by atoms with van der Waals surface area (Å²) in [4.78, 5) is 17.4. The van der Waals surface area contributed by atoms with Crippen molar-refractivity contribution in [2.24, 2.45) is 0 Å². The maximum Gasteiger partial charge on any atom is 0.319 e.